The van der Waals surface area contributed by atoms with Crippen LogP contribution in [0.25, 0.3) is 22.0 Å². The zero-order valence-corrected chi connectivity index (χ0v) is 13.5. The van der Waals surface area contributed by atoms with E-state index < -0.39 is 5.97 Å². The number of hydrogen-bond acceptors (Lipinski definition) is 2. The average Bonchev–Trinajstić information content (AvgIpc) is 2.69. The fourth-order valence-corrected chi connectivity index (χ4v) is 2.54. The molecule has 0 amide bonds. The zero-order valence-electron chi connectivity index (χ0n) is 13.5. The number of pyridine rings is 1. The van der Waals surface area contributed by atoms with Crippen LogP contribution in [0.1, 0.15) is 10.4 Å². The van der Waals surface area contributed by atoms with E-state index in [1.807, 2.05) is 18.2 Å². The van der Waals surface area contributed by atoms with Crippen LogP contribution in [0.15, 0.2) is 97.2 Å². The number of hydrogen-bond donors (Lipinski definition) is 1. The van der Waals surface area contributed by atoms with Gasteiger partial charge in [0.2, 0.25) is 0 Å². The molecule has 0 radical (unpaired) electrons. The third kappa shape index (κ3) is 4.09. The summed E-state index contributed by atoms with van der Waals surface area (Å²) in [6.07, 6.45) is 1.51. The van der Waals surface area contributed by atoms with Gasteiger partial charge in [0, 0.05) is 11.6 Å². The standard InChI is InChI=1S/C12H10.C10H7NO2/c1-3-7-11(8-4-1)12-9-5-2-6-10-12;12-10(13)8-5-6-11-9-4-2-1-3-7(8)9/h1-10H;1-6H,(H,12,13). The minimum absolute atomic E-state index is 0.297. The Hall–Kier alpha value is -3.46. The topological polar surface area (TPSA) is 50.2 Å². The van der Waals surface area contributed by atoms with Gasteiger partial charge in [-0.05, 0) is 23.3 Å². The highest BCUT2D eigenvalue weighted by molar-refractivity contribution is 6.02. The van der Waals surface area contributed by atoms with E-state index in [-0.39, 0.29) is 0 Å². The summed E-state index contributed by atoms with van der Waals surface area (Å²) in [5.41, 5.74) is 3.56. The summed E-state index contributed by atoms with van der Waals surface area (Å²) >= 11 is 0. The monoisotopic (exact) mass is 327 g/mol. The number of carboxylic acid groups (broad SMARTS) is 1. The molecule has 0 saturated carbocycles. The third-order valence-corrected chi connectivity index (χ3v) is 3.76. The molecule has 1 heterocycles. The number of carbonyl (C=O) groups is 1. The van der Waals surface area contributed by atoms with Crippen molar-refractivity contribution >= 4 is 16.9 Å². The maximum absolute atomic E-state index is 10.8. The average molecular weight is 327 g/mol. The normalized spacial score (nSPS) is 9.92. The van der Waals surface area contributed by atoms with Crippen LogP contribution in [-0.4, -0.2) is 16.1 Å². The molecule has 4 rings (SSSR count). The van der Waals surface area contributed by atoms with Crippen LogP contribution in [0.4, 0.5) is 0 Å². The van der Waals surface area contributed by atoms with Crippen molar-refractivity contribution in [2.24, 2.45) is 0 Å². The highest BCUT2D eigenvalue weighted by atomic mass is 16.4. The second-order valence-corrected chi connectivity index (χ2v) is 5.41. The number of fused-ring (bicyclic) bond motifs is 1. The Morgan fingerprint density at radius 1 is 0.680 bits per heavy atom. The number of benzene rings is 3. The van der Waals surface area contributed by atoms with Crippen molar-refractivity contribution in [3.8, 4) is 11.1 Å². The molecule has 0 aliphatic heterocycles. The predicted molar refractivity (Wildman–Crippen MR) is 101 cm³/mol. The second kappa shape index (κ2) is 7.88. The maximum atomic E-state index is 10.8. The number of para-hydroxylation sites is 1. The lowest BCUT2D eigenvalue weighted by Gasteiger charge is -1.99. The Bertz CT molecular complexity index is 924. The van der Waals surface area contributed by atoms with E-state index in [1.54, 1.807) is 18.2 Å². The van der Waals surface area contributed by atoms with Crippen molar-refractivity contribution < 1.29 is 9.90 Å². The highest BCUT2D eigenvalue weighted by Crippen LogP contribution is 2.17. The number of rotatable bonds is 2. The first-order chi connectivity index (χ1) is 12.3. The van der Waals surface area contributed by atoms with Crippen LogP contribution in [0.2, 0.25) is 0 Å². The molecule has 25 heavy (non-hydrogen) atoms. The lowest BCUT2D eigenvalue weighted by Crippen LogP contribution is -1.97. The number of nitrogens with zero attached hydrogens (tertiary/aromatic N) is 1. The van der Waals surface area contributed by atoms with Gasteiger partial charge < -0.3 is 5.11 Å². The molecular weight excluding hydrogens is 310 g/mol. The van der Waals surface area contributed by atoms with Gasteiger partial charge in [0.25, 0.3) is 0 Å². The quantitative estimate of drug-likeness (QED) is 0.544. The molecule has 1 N–H and O–H groups in total. The largest absolute Gasteiger partial charge is 0.478 e. The summed E-state index contributed by atoms with van der Waals surface area (Å²) in [4.78, 5) is 14.8. The molecule has 4 aromatic rings. The predicted octanol–water partition coefficient (Wildman–Crippen LogP) is 5.29. The van der Waals surface area contributed by atoms with E-state index in [1.165, 1.54) is 23.4 Å². The van der Waals surface area contributed by atoms with Gasteiger partial charge in [0.1, 0.15) is 0 Å². The van der Waals surface area contributed by atoms with Gasteiger partial charge in [-0.2, -0.15) is 0 Å². The Labute approximate surface area is 146 Å². The molecule has 0 aliphatic rings. The molecule has 0 saturated heterocycles. The minimum atomic E-state index is -0.918. The summed E-state index contributed by atoms with van der Waals surface area (Å²) in [7, 11) is 0. The van der Waals surface area contributed by atoms with Crippen molar-refractivity contribution in [3.05, 3.63) is 103 Å². The van der Waals surface area contributed by atoms with Crippen molar-refractivity contribution in [1.82, 2.24) is 4.98 Å². The fourth-order valence-electron chi connectivity index (χ4n) is 2.54. The van der Waals surface area contributed by atoms with E-state index in [0.717, 1.165) is 0 Å². The van der Waals surface area contributed by atoms with Crippen molar-refractivity contribution in [3.63, 3.8) is 0 Å². The third-order valence-electron chi connectivity index (χ3n) is 3.76. The van der Waals surface area contributed by atoms with E-state index in [2.05, 4.69) is 53.5 Å². The molecule has 1 aromatic heterocycles. The summed E-state index contributed by atoms with van der Waals surface area (Å²) in [5, 5.41) is 9.53. The van der Waals surface area contributed by atoms with Gasteiger partial charge in [0.05, 0.1) is 11.1 Å². The van der Waals surface area contributed by atoms with Gasteiger partial charge in [-0.25, -0.2) is 4.79 Å². The Balaban J connectivity index is 0.000000146. The summed E-state index contributed by atoms with van der Waals surface area (Å²) < 4.78 is 0. The van der Waals surface area contributed by atoms with E-state index in [4.69, 9.17) is 5.11 Å². The number of aromatic carboxylic acids is 1. The van der Waals surface area contributed by atoms with Crippen LogP contribution in [0, 0.1) is 0 Å². The first-order valence-corrected chi connectivity index (χ1v) is 7.93. The Morgan fingerprint density at radius 3 is 1.76 bits per heavy atom. The van der Waals surface area contributed by atoms with Crippen LogP contribution >= 0.6 is 0 Å². The number of aromatic nitrogens is 1. The molecule has 0 atom stereocenters. The Kier molecular flexibility index (Phi) is 5.17. The second-order valence-electron chi connectivity index (χ2n) is 5.41. The van der Waals surface area contributed by atoms with Gasteiger partial charge >= 0.3 is 5.97 Å². The van der Waals surface area contributed by atoms with Gasteiger partial charge in [-0.15, -0.1) is 0 Å². The van der Waals surface area contributed by atoms with Crippen LogP contribution in [-0.2, 0) is 0 Å². The van der Waals surface area contributed by atoms with E-state index in [0.29, 0.717) is 16.5 Å². The van der Waals surface area contributed by atoms with Gasteiger partial charge in [-0.3, -0.25) is 4.98 Å². The first-order valence-electron chi connectivity index (χ1n) is 7.93. The van der Waals surface area contributed by atoms with Crippen molar-refractivity contribution in [2.75, 3.05) is 0 Å². The van der Waals surface area contributed by atoms with Gasteiger partial charge in [-0.1, -0.05) is 78.9 Å². The molecule has 3 aromatic carbocycles. The van der Waals surface area contributed by atoms with Crippen LogP contribution < -0.4 is 0 Å². The lowest BCUT2D eigenvalue weighted by atomic mass is 10.1. The highest BCUT2D eigenvalue weighted by Gasteiger charge is 2.06. The zero-order chi connectivity index (χ0) is 17.5. The molecular formula is C22H17NO2. The molecule has 0 spiro atoms. The molecule has 3 heteroatoms. The molecule has 122 valence electrons. The SMILES string of the molecule is O=C(O)c1ccnc2ccccc12.c1ccc(-c2ccccc2)cc1. The Morgan fingerprint density at radius 2 is 1.20 bits per heavy atom. The summed E-state index contributed by atoms with van der Waals surface area (Å²) in [6.45, 7) is 0. The number of carboxylic acids is 1. The molecule has 0 aliphatic carbocycles. The summed E-state index contributed by atoms with van der Waals surface area (Å²) in [6, 6.07) is 29.5. The first kappa shape index (κ1) is 16.4. The van der Waals surface area contributed by atoms with Crippen molar-refractivity contribution in [2.45, 2.75) is 0 Å². The lowest BCUT2D eigenvalue weighted by molar-refractivity contribution is 0.0699. The maximum Gasteiger partial charge on any atom is 0.336 e. The minimum Gasteiger partial charge on any atom is -0.478 e. The van der Waals surface area contributed by atoms with Crippen molar-refractivity contribution in [1.29, 1.82) is 0 Å². The van der Waals surface area contributed by atoms with E-state index in [9.17, 15) is 4.79 Å². The van der Waals surface area contributed by atoms with Crippen LogP contribution in [0.5, 0.6) is 0 Å². The molecule has 0 bridgehead atoms. The van der Waals surface area contributed by atoms with Gasteiger partial charge in [0.15, 0.2) is 0 Å². The smallest absolute Gasteiger partial charge is 0.336 e. The molecule has 3 nitrogen and oxygen atoms in total. The summed E-state index contributed by atoms with van der Waals surface area (Å²) in [5.74, 6) is -0.918. The molecule has 0 fully saturated rings. The van der Waals surface area contributed by atoms with E-state index >= 15 is 0 Å². The molecule has 0 unspecified atom stereocenters. The van der Waals surface area contributed by atoms with Crippen LogP contribution in [0.3, 0.4) is 0 Å². The fraction of sp³-hybridized carbons (Fsp3) is 0.